The van der Waals surface area contributed by atoms with Crippen LogP contribution in [0.3, 0.4) is 0 Å². The second-order valence-electron chi connectivity index (χ2n) is 24.1. The Labute approximate surface area is 521 Å². The van der Waals surface area contributed by atoms with E-state index < -0.39 is 42.2 Å². The van der Waals surface area contributed by atoms with Gasteiger partial charge >= 0.3 is 6.01 Å². The molecule has 88 heavy (non-hydrogen) atoms. The first-order chi connectivity index (χ1) is 42.7. The van der Waals surface area contributed by atoms with Crippen LogP contribution in [0.15, 0.2) is 96.7 Å². The van der Waals surface area contributed by atoms with Crippen molar-refractivity contribution in [2.75, 3.05) is 118 Å². The van der Waals surface area contributed by atoms with Crippen molar-refractivity contribution in [2.24, 2.45) is 0 Å². The number of aryl methyl sites for hydroxylation is 1. The van der Waals surface area contributed by atoms with Crippen LogP contribution < -0.4 is 24.3 Å². The lowest BCUT2D eigenvalue weighted by atomic mass is 9.91. The van der Waals surface area contributed by atoms with Gasteiger partial charge in [-0.3, -0.25) is 14.5 Å². The number of hydrogen-bond acceptors (Lipinski definition) is 16. The number of halogens is 4. The van der Waals surface area contributed by atoms with E-state index in [0.717, 1.165) is 97.5 Å². The number of piperazine rings is 2. The SMILES string of the molecule is C=C(F)C(=O)N1CCN(c2nc(OC[C@@H]3CC(c4cc(N5CCc6c(nc(SC[C@@H]7CCCN7C)nc6N6CCN(C(=O)C(=C)F)[C@@H](CC#N)C6)C5)c5c(C)cccc5c4)CN3CCF)nc3c2CCN(c2cccc4cccc(Cl)c24)C3)C[C@@H]1CC#N. The molecule has 8 heterocycles. The van der Waals surface area contributed by atoms with Gasteiger partial charge in [0.1, 0.15) is 24.9 Å². The van der Waals surface area contributed by atoms with Gasteiger partial charge < -0.3 is 39.0 Å². The van der Waals surface area contributed by atoms with Crippen LogP contribution in [0.5, 0.6) is 6.01 Å². The lowest BCUT2D eigenvalue weighted by Gasteiger charge is -2.42. The molecule has 458 valence electrons. The molecule has 0 aliphatic carbocycles. The van der Waals surface area contributed by atoms with Crippen LogP contribution in [0.25, 0.3) is 21.5 Å². The van der Waals surface area contributed by atoms with Crippen molar-refractivity contribution in [3.8, 4) is 18.1 Å². The van der Waals surface area contributed by atoms with Crippen molar-refractivity contribution >= 4 is 79.7 Å². The van der Waals surface area contributed by atoms with E-state index in [1.807, 2.05) is 30.3 Å². The molecule has 6 aromatic rings. The highest BCUT2D eigenvalue weighted by Gasteiger charge is 2.39. The number of rotatable bonds is 17. The molecule has 0 radical (unpaired) electrons. The smallest absolute Gasteiger partial charge is 0.318 e. The highest BCUT2D eigenvalue weighted by atomic mass is 35.5. The molecular formula is C66H72ClF3N14O3S. The molecule has 6 aliphatic heterocycles. The largest absolute Gasteiger partial charge is 0.462 e. The van der Waals surface area contributed by atoms with Gasteiger partial charge in [0.2, 0.25) is 0 Å². The summed E-state index contributed by atoms with van der Waals surface area (Å²) in [7, 11) is 2.16. The summed E-state index contributed by atoms with van der Waals surface area (Å²) in [5, 5.41) is 25.3. The third-order valence-electron chi connectivity index (χ3n) is 18.8. The molecule has 5 atom stereocenters. The summed E-state index contributed by atoms with van der Waals surface area (Å²) in [5.41, 5.74) is 8.00. The summed E-state index contributed by atoms with van der Waals surface area (Å²) in [5.74, 6) is -1.42. The Kier molecular flexibility index (Phi) is 18.0. The average molecular weight is 1230 g/mol. The van der Waals surface area contributed by atoms with E-state index in [-0.39, 0.29) is 63.6 Å². The van der Waals surface area contributed by atoms with Crippen LogP contribution in [-0.4, -0.2) is 174 Å². The normalized spacial score (nSPS) is 21.6. The van der Waals surface area contributed by atoms with Gasteiger partial charge in [0.15, 0.2) is 16.8 Å². The van der Waals surface area contributed by atoms with Crippen molar-refractivity contribution in [1.29, 1.82) is 10.5 Å². The fourth-order valence-corrected chi connectivity index (χ4v) is 15.7. The Balaban J connectivity index is 0.834. The van der Waals surface area contributed by atoms with Gasteiger partial charge in [-0.2, -0.15) is 20.5 Å². The van der Waals surface area contributed by atoms with E-state index in [1.165, 1.54) is 9.80 Å². The molecule has 4 saturated heterocycles. The summed E-state index contributed by atoms with van der Waals surface area (Å²) in [6.45, 7) is 14.1. The summed E-state index contributed by atoms with van der Waals surface area (Å²) >= 11 is 8.53. The topological polar surface area (TPSA) is 168 Å². The minimum atomic E-state index is -1.07. The summed E-state index contributed by atoms with van der Waals surface area (Å²) in [6.07, 6.45) is 4.19. The number of thioether (sulfide) groups is 1. The second-order valence-corrected chi connectivity index (χ2v) is 25.5. The van der Waals surface area contributed by atoms with E-state index in [2.05, 4.69) is 105 Å². The lowest BCUT2D eigenvalue weighted by molar-refractivity contribution is -0.132. The van der Waals surface area contributed by atoms with Crippen molar-refractivity contribution < 1.29 is 27.5 Å². The number of fused-ring (bicyclic) bond motifs is 4. The summed E-state index contributed by atoms with van der Waals surface area (Å²) in [6, 6.07) is 26.6. The molecule has 22 heteroatoms. The van der Waals surface area contributed by atoms with Gasteiger partial charge in [-0.15, -0.1) is 0 Å². The van der Waals surface area contributed by atoms with Gasteiger partial charge in [-0.25, -0.2) is 23.1 Å². The molecule has 6 aliphatic rings. The lowest BCUT2D eigenvalue weighted by Crippen LogP contribution is -2.55. The Morgan fingerprint density at radius 3 is 1.98 bits per heavy atom. The zero-order valence-electron chi connectivity index (χ0n) is 49.8. The molecule has 0 saturated carbocycles. The molecule has 4 fully saturated rings. The second kappa shape index (κ2) is 26.2. The molecule has 0 N–H and O–H groups in total. The number of hydrogen-bond donors (Lipinski definition) is 0. The number of amides is 2. The molecule has 17 nitrogen and oxygen atoms in total. The first-order valence-corrected chi connectivity index (χ1v) is 31.8. The Bertz CT molecular complexity index is 3780. The zero-order valence-corrected chi connectivity index (χ0v) is 51.4. The van der Waals surface area contributed by atoms with Crippen molar-refractivity contribution in [3.63, 3.8) is 0 Å². The molecule has 4 aromatic carbocycles. The Morgan fingerprint density at radius 2 is 1.34 bits per heavy atom. The number of carbonyl (C=O) groups excluding carboxylic acids is 2. The van der Waals surface area contributed by atoms with Gasteiger partial charge in [0, 0.05) is 117 Å². The average Bonchev–Trinajstić information content (AvgIpc) is 4.15. The van der Waals surface area contributed by atoms with Gasteiger partial charge in [-0.05, 0) is 98.6 Å². The minimum absolute atomic E-state index is 0.00794. The van der Waals surface area contributed by atoms with Gasteiger partial charge in [0.25, 0.3) is 11.8 Å². The quantitative estimate of drug-likeness (QED) is 0.0480. The molecule has 2 aromatic heterocycles. The third-order valence-corrected chi connectivity index (χ3v) is 20.1. The van der Waals surface area contributed by atoms with E-state index in [1.54, 1.807) is 11.8 Å². The number of likely N-dealkylation sites (tertiary alicyclic amines) is 2. The standard InChI is InChI=1S/C66H72ClF3N14O3S/c1-41-9-5-12-45-31-46(33-58(59(41)45)80-25-19-53-56(38-80)74-66(88-40-50-13-8-23-77(50)4)76-62(53)82-28-30-84(64(86)43(3)70)49(36-82)17-22-72)47-32-51(78(34-47)26-20-68)39-87-65-73-55-37-79(57-15-7-11-44-10-6-14-54(67)60(44)57)24-18-52(55)61(75-65)81-27-29-83(63(85)42(2)69)48(35-81)16-21-71/h5-7,9-12,14-15,31,33,47-51H,2-3,8,13,16-20,23-30,32,34-40H2,1,4H3/t47?,48-,49-,50-,51-/m0/s1. The van der Waals surface area contributed by atoms with Crippen molar-refractivity contribution in [2.45, 2.75) is 100 Å². The third kappa shape index (κ3) is 12.3. The van der Waals surface area contributed by atoms with E-state index in [4.69, 9.17) is 36.3 Å². The Hall–Kier alpha value is -7.69. The van der Waals surface area contributed by atoms with Crippen molar-refractivity contribution in [1.82, 2.24) is 39.5 Å². The van der Waals surface area contributed by atoms with Crippen LogP contribution in [0.2, 0.25) is 5.02 Å². The molecule has 0 spiro atoms. The van der Waals surface area contributed by atoms with Gasteiger partial charge in [-0.1, -0.05) is 85.1 Å². The first-order valence-electron chi connectivity index (χ1n) is 30.5. The monoisotopic (exact) mass is 1230 g/mol. The van der Waals surface area contributed by atoms with Crippen LogP contribution in [0.4, 0.5) is 36.2 Å². The maximum absolute atomic E-state index is 14.7. The maximum Gasteiger partial charge on any atom is 0.318 e. The fraction of sp³-hybridized carbons (Fsp3) is 0.455. The predicted molar refractivity (Wildman–Crippen MR) is 338 cm³/mol. The first kappa shape index (κ1) is 60.6. The summed E-state index contributed by atoms with van der Waals surface area (Å²) < 4.78 is 50.1. The van der Waals surface area contributed by atoms with E-state index in [0.29, 0.717) is 93.7 Å². The number of aromatic nitrogens is 4. The Morgan fingerprint density at radius 1 is 0.716 bits per heavy atom. The predicted octanol–water partition coefficient (Wildman–Crippen LogP) is 9.88. The number of ether oxygens (including phenoxy) is 1. The summed E-state index contributed by atoms with van der Waals surface area (Å²) in [4.78, 5) is 63.0. The zero-order chi connectivity index (χ0) is 61.3. The van der Waals surface area contributed by atoms with Crippen LogP contribution in [0.1, 0.15) is 71.7 Å². The molecular weight excluding hydrogens is 1160 g/mol. The number of benzene rings is 4. The fourth-order valence-electron chi connectivity index (χ4n) is 14.3. The molecule has 2 amide bonds. The number of carbonyl (C=O) groups is 2. The molecule has 1 unspecified atom stereocenters. The number of anilines is 4. The number of nitriles is 2. The van der Waals surface area contributed by atoms with Gasteiger partial charge in [0.05, 0.1) is 66.6 Å². The van der Waals surface area contributed by atoms with E-state index in [9.17, 15) is 33.3 Å². The number of alkyl halides is 1. The van der Waals surface area contributed by atoms with Crippen LogP contribution in [0, 0.1) is 29.6 Å². The van der Waals surface area contributed by atoms with E-state index >= 15 is 0 Å². The van der Waals surface area contributed by atoms with Crippen molar-refractivity contribution in [3.05, 3.63) is 130 Å². The number of nitrogens with zero attached hydrogens (tertiary/aromatic N) is 14. The molecule has 0 bridgehead atoms. The van der Waals surface area contributed by atoms with Crippen LogP contribution >= 0.6 is 23.4 Å². The highest BCUT2D eigenvalue weighted by molar-refractivity contribution is 7.99. The van der Waals surface area contributed by atoms with Crippen LogP contribution in [-0.2, 0) is 35.5 Å². The molecule has 12 rings (SSSR count). The maximum atomic E-state index is 14.7. The highest BCUT2D eigenvalue weighted by Crippen LogP contribution is 2.43. The minimum Gasteiger partial charge on any atom is -0.462 e.